The van der Waals surface area contributed by atoms with Crippen molar-refractivity contribution in [2.24, 2.45) is 17.3 Å². The van der Waals surface area contributed by atoms with E-state index in [0.717, 1.165) is 18.8 Å². The van der Waals surface area contributed by atoms with Gasteiger partial charge in [0.25, 0.3) is 0 Å². The molecule has 0 amide bonds. The molecular weight excluding hydrogens is 196 g/mol. The number of rotatable bonds is 2. The lowest BCUT2D eigenvalue weighted by atomic mass is 9.63. The summed E-state index contributed by atoms with van der Waals surface area (Å²) >= 11 is 0. The maximum atomic E-state index is 9.18. The highest BCUT2D eigenvalue weighted by atomic mass is 16.3. The van der Waals surface area contributed by atoms with Crippen molar-refractivity contribution in [3.8, 4) is 0 Å². The molecular formula is C15H24O. The molecule has 90 valence electrons. The van der Waals surface area contributed by atoms with Crippen LogP contribution in [0.2, 0.25) is 0 Å². The van der Waals surface area contributed by atoms with Crippen LogP contribution in [0.15, 0.2) is 23.8 Å². The Hall–Kier alpha value is -0.560. The Balaban J connectivity index is 2.23. The zero-order valence-corrected chi connectivity index (χ0v) is 10.6. The van der Waals surface area contributed by atoms with Crippen LogP contribution in [0.5, 0.6) is 0 Å². The van der Waals surface area contributed by atoms with E-state index in [1.807, 2.05) is 0 Å². The Kier molecular flexibility index (Phi) is 3.25. The second kappa shape index (κ2) is 4.37. The molecule has 0 radical (unpaired) electrons. The van der Waals surface area contributed by atoms with Crippen LogP contribution in [0.3, 0.4) is 0 Å². The van der Waals surface area contributed by atoms with E-state index in [-0.39, 0.29) is 6.61 Å². The fourth-order valence-corrected chi connectivity index (χ4v) is 3.91. The van der Waals surface area contributed by atoms with E-state index in [1.165, 1.54) is 30.4 Å². The zero-order valence-electron chi connectivity index (χ0n) is 10.6. The molecule has 3 unspecified atom stereocenters. The molecule has 16 heavy (non-hydrogen) atoms. The van der Waals surface area contributed by atoms with Crippen molar-refractivity contribution >= 4 is 0 Å². The van der Waals surface area contributed by atoms with Gasteiger partial charge >= 0.3 is 0 Å². The quantitative estimate of drug-likeness (QED) is 0.704. The first-order chi connectivity index (χ1) is 7.60. The van der Waals surface area contributed by atoms with Gasteiger partial charge in [0, 0.05) is 0 Å². The topological polar surface area (TPSA) is 20.2 Å². The van der Waals surface area contributed by atoms with Crippen LogP contribution in [0.4, 0.5) is 0 Å². The summed E-state index contributed by atoms with van der Waals surface area (Å²) in [6, 6.07) is 0. The van der Waals surface area contributed by atoms with Crippen molar-refractivity contribution in [3.63, 3.8) is 0 Å². The molecule has 3 atom stereocenters. The normalized spacial score (nSPS) is 38.8. The maximum Gasteiger partial charge on any atom is 0.0641 e. The average Bonchev–Trinajstić information content (AvgIpc) is 2.58. The molecule has 1 saturated carbocycles. The van der Waals surface area contributed by atoms with Gasteiger partial charge in [-0.1, -0.05) is 25.2 Å². The van der Waals surface area contributed by atoms with Gasteiger partial charge in [-0.15, -0.1) is 0 Å². The number of allylic oxidation sites excluding steroid dienone is 2. The smallest absolute Gasteiger partial charge is 0.0641 e. The molecule has 2 aliphatic carbocycles. The first-order valence-electron chi connectivity index (χ1n) is 6.54. The van der Waals surface area contributed by atoms with Gasteiger partial charge in [-0.25, -0.2) is 0 Å². The van der Waals surface area contributed by atoms with Crippen LogP contribution in [-0.2, 0) is 0 Å². The van der Waals surface area contributed by atoms with Gasteiger partial charge in [-0.3, -0.25) is 0 Å². The lowest BCUT2D eigenvalue weighted by Gasteiger charge is -2.42. The molecule has 1 fully saturated rings. The first kappa shape index (κ1) is 11.9. The van der Waals surface area contributed by atoms with Crippen molar-refractivity contribution in [1.82, 2.24) is 0 Å². The van der Waals surface area contributed by atoms with Gasteiger partial charge in [0.05, 0.1) is 6.61 Å². The number of hydrogen-bond acceptors (Lipinski definition) is 1. The third-order valence-electron chi connectivity index (χ3n) is 5.04. The lowest BCUT2D eigenvalue weighted by Crippen LogP contribution is -2.33. The molecule has 1 nitrogen and oxygen atoms in total. The summed E-state index contributed by atoms with van der Waals surface area (Å²) in [6.07, 6.45) is 8.45. The Morgan fingerprint density at radius 3 is 2.81 bits per heavy atom. The molecule has 0 aromatic heterocycles. The minimum atomic E-state index is 0.252. The van der Waals surface area contributed by atoms with E-state index in [0.29, 0.717) is 11.3 Å². The second-order valence-electron chi connectivity index (χ2n) is 5.84. The SMILES string of the molecule is C=C(C)C1CCC(C)C12CC=C(CO)CC2. The summed E-state index contributed by atoms with van der Waals surface area (Å²) in [4.78, 5) is 0. The van der Waals surface area contributed by atoms with Gasteiger partial charge in [0.15, 0.2) is 0 Å². The van der Waals surface area contributed by atoms with Crippen molar-refractivity contribution in [3.05, 3.63) is 23.8 Å². The van der Waals surface area contributed by atoms with Crippen molar-refractivity contribution < 1.29 is 5.11 Å². The fourth-order valence-electron chi connectivity index (χ4n) is 3.91. The van der Waals surface area contributed by atoms with Gasteiger partial charge in [-0.2, -0.15) is 0 Å². The number of aliphatic hydroxyl groups is 1. The first-order valence-corrected chi connectivity index (χ1v) is 6.54. The summed E-state index contributed by atoms with van der Waals surface area (Å²) in [7, 11) is 0. The molecule has 0 bridgehead atoms. The molecule has 2 rings (SSSR count). The highest BCUT2D eigenvalue weighted by Gasteiger charge is 2.47. The Morgan fingerprint density at radius 1 is 1.56 bits per heavy atom. The molecule has 0 heterocycles. The predicted molar refractivity (Wildman–Crippen MR) is 68.2 cm³/mol. The maximum absolute atomic E-state index is 9.18. The fraction of sp³-hybridized carbons (Fsp3) is 0.733. The Morgan fingerprint density at radius 2 is 2.31 bits per heavy atom. The molecule has 1 N–H and O–H groups in total. The largest absolute Gasteiger partial charge is 0.392 e. The van der Waals surface area contributed by atoms with Crippen molar-refractivity contribution in [1.29, 1.82) is 0 Å². The zero-order chi connectivity index (χ0) is 11.8. The average molecular weight is 220 g/mol. The molecule has 2 aliphatic rings. The molecule has 0 saturated heterocycles. The van der Waals surface area contributed by atoms with E-state index in [1.54, 1.807) is 0 Å². The summed E-state index contributed by atoms with van der Waals surface area (Å²) in [5.41, 5.74) is 3.07. The predicted octanol–water partition coefficient (Wildman–Crippen LogP) is 3.70. The van der Waals surface area contributed by atoms with Gasteiger partial charge in [0.1, 0.15) is 0 Å². The summed E-state index contributed by atoms with van der Waals surface area (Å²) < 4.78 is 0. The molecule has 1 heteroatoms. The van der Waals surface area contributed by atoms with Crippen molar-refractivity contribution in [2.45, 2.75) is 46.0 Å². The van der Waals surface area contributed by atoms with E-state index in [4.69, 9.17) is 0 Å². The summed E-state index contributed by atoms with van der Waals surface area (Å²) in [6.45, 7) is 9.04. The van der Waals surface area contributed by atoms with E-state index in [9.17, 15) is 5.11 Å². The van der Waals surface area contributed by atoms with E-state index >= 15 is 0 Å². The monoisotopic (exact) mass is 220 g/mol. The van der Waals surface area contributed by atoms with Crippen LogP contribution >= 0.6 is 0 Å². The Bertz CT molecular complexity index is 315. The van der Waals surface area contributed by atoms with Crippen LogP contribution in [0.1, 0.15) is 46.0 Å². The number of hydrogen-bond donors (Lipinski definition) is 1. The van der Waals surface area contributed by atoms with Crippen LogP contribution in [0, 0.1) is 17.3 Å². The molecule has 1 spiro atoms. The van der Waals surface area contributed by atoms with E-state index < -0.39 is 0 Å². The van der Waals surface area contributed by atoms with Gasteiger partial charge < -0.3 is 5.11 Å². The minimum absolute atomic E-state index is 0.252. The van der Waals surface area contributed by atoms with Crippen LogP contribution in [0.25, 0.3) is 0 Å². The van der Waals surface area contributed by atoms with Crippen molar-refractivity contribution in [2.75, 3.05) is 6.61 Å². The summed E-state index contributed by atoms with van der Waals surface area (Å²) in [5.74, 6) is 1.52. The van der Waals surface area contributed by atoms with Crippen LogP contribution < -0.4 is 0 Å². The molecule has 0 aromatic rings. The molecule has 0 aromatic carbocycles. The summed E-state index contributed by atoms with van der Waals surface area (Å²) in [5, 5.41) is 9.18. The third-order valence-corrected chi connectivity index (χ3v) is 5.04. The third kappa shape index (κ3) is 1.75. The molecule has 0 aliphatic heterocycles. The lowest BCUT2D eigenvalue weighted by molar-refractivity contribution is 0.138. The second-order valence-corrected chi connectivity index (χ2v) is 5.84. The minimum Gasteiger partial charge on any atom is -0.392 e. The highest BCUT2D eigenvalue weighted by molar-refractivity contribution is 5.18. The Labute approximate surface area is 99.3 Å². The number of aliphatic hydroxyl groups excluding tert-OH is 1. The van der Waals surface area contributed by atoms with Crippen LogP contribution in [-0.4, -0.2) is 11.7 Å². The highest BCUT2D eigenvalue weighted by Crippen LogP contribution is 2.57. The standard InChI is InChI=1S/C15H24O/c1-11(2)14-5-4-12(3)15(14)8-6-13(10-16)7-9-15/h6,12,14,16H,1,4-5,7-10H2,2-3H3. The van der Waals surface area contributed by atoms with Gasteiger partial charge in [0.2, 0.25) is 0 Å². The van der Waals surface area contributed by atoms with Gasteiger partial charge in [-0.05, 0) is 61.9 Å². The van der Waals surface area contributed by atoms with E-state index in [2.05, 4.69) is 26.5 Å².